The first-order valence-electron chi connectivity index (χ1n) is 10.2. The summed E-state index contributed by atoms with van der Waals surface area (Å²) < 4.78 is 43.1. The van der Waals surface area contributed by atoms with Crippen molar-refractivity contribution in [3.05, 3.63) is 74.2 Å². The third kappa shape index (κ3) is 5.39. The molecule has 0 aliphatic heterocycles. The highest BCUT2D eigenvalue weighted by Gasteiger charge is 2.36. The molecule has 4 rings (SSSR count). The van der Waals surface area contributed by atoms with Crippen LogP contribution in [0, 0.1) is 0 Å². The third-order valence-electron chi connectivity index (χ3n) is 5.02. The molecule has 0 atom stereocenters. The van der Waals surface area contributed by atoms with E-state index in [2.05, 4.69) is 20.5 Å². The first kappa shape index (κ1) is 25.3. The van der Waals surface area contributed by atoms with Crippen LogP contribution in [0.1, 0.15) is 48.2 Å². The number of amides is 1. The molecule has 13 heteroatoms. The number of carbonyl (C=O) groups is 1. The number of nitrogens with one attached hydrogen (secondary N) is 1. The van der Waals surface area contributed by atoms with Gasteiger partial charge in [0.15, 0.2) is 17.2 Å². The molecule has 1 N–H and O–H groups in total. The van der Waals surface area contributed by atoms with Gasteiger partial charge in [0.25, 0.3) is 5.91 Å². The predicted octanol–water partition coefficient (Wildman–Crippen LogP) is 6.50. The summed E-state index contributed by atoms with van der Waals surface area (Å²) in [7, 11) is 0. The second kappa shape index (κ2) is 9.00. The highest BCUT2D eigenvalue weighted by atomic mass is 35.5. The first-order valence-corrected chi connectivity index (χ1v) is 11.3. The quantitative estimate of drug-likeness (QED) is 0.317. The highest BCUT2D eigenvalue weighted by Crippen LogP contribution is 2.33. The predicted molar refractivity (Wildman–Crippen MR) is 127 cm³/mol. The summed E-state index contributed by atoms with van der Waals surface area (Å²) in [4.78, 5) is 17.1. The second-order valence-corrected chi connectivity index (χ2v) is 10.0. The van der Waals surface area contributed by atoms with E-state index in [4.69, 9.17) is 34.8 Å². The van der Waals surface area contributed by atoms with Crippen LogP contribution >= 0.6 is 34.8 Å². The van der Waals surface area contributed by atoms with Crippen LogP contribution < -0.4 is 5.32 Å². The molecule has 1 aromatic carbocycles. The maximum absolute atomic E-state index is 13.7. The van der Waals surface area contributed by atoms with Crippen molar-refractivity contribution >= 4 is 52.2 Å². The molecule has 35 heavy (non-hydrogen) atoms. The molecule has 1 amide bonds. The van der Waals surface area contributed by atoms with Gasteiger partial charge in [-0.2, -0.15) is 23.4 Å². The van der Waals surface area contributed by atoms with Gasteiger partial charge in [0.2, 0.25) is 0 Å². The van der Waals surface area contributed by atoms with Gasteiger partial charge in [-0.15, -0.1) is 0 Å². The normalized spacial score (nSPS) is 12.4. The zero-order valence-electron chi connectivity index (χ0n) is 18.6. The molecule has 0 saturated heterocycles. The lowest BCUT2D eigenvalue weighted by Gasteiger charge is -2.19. The van der Waals surface area contributed by atoms with E-state index < -0.39 is 23.2 Å². The van der Waals surface area contributed by atoms with Crippen LogP contribution in [0.15, 0.2) is 36.5 Å². The van der Waals surface area contributed by atoms with Gasteiger partial charge >= 0.3 is 6.18 Å². The van der Waals surface area contributed by atoms with Crippen LogP contribution in [0.5, 0.6) is 0 Å². The molecule has 4 aromatic rings. The fourth-order valence-corrected chi connectivity index (χ4v) is 3.90. The van der Waals surface area contributed by atoms with Crippen molar-refractivity contribution in [1.82, 2.24) is 24.4 Å². The molecular formula is C22H18Cl3F3N6O. The second-order valence-electron chi connectivity index (χ2n) is 8.79. The fraction of sp³-hybridized carbons (Fsp3) is 0.273. The number of benzene rings is 1. The van der Waals surface area contributed by atoms with Crippen molar-refractivity contribution in [3.8, 4) is 0 Å². The van der Waals surface area contributed by atoms with Crippen LogP contribution in [0.2, 0.25) is 15.1 Å². The molecule has 0 spiro atoms. The Hall–Kier alpha value is -2.82. The molecule has 3 heterocycles. The minimum absolute atomic E-state index is 0.0122. The number of halogens is 6. The number of rotatable bonds is 4. The molecule has 0 radical (unpaired) electrons. The standard InChI is InChI=1S/C22H18Cl3F3N6O/c1-21(2,3)16-8-17(22(26,27)28)34-18(29-16)7-15(31-34)20(35)30-19-14(25)10-33(32-19)9-11-4-5-12(23)6-13(11)24/h4-8,10H,9H2,1-3H3,(H,30,32,35). The number of nitrogens with zero attached hydrogens (tertiary/aromatic N) is 5. The molecule has 184 valence electrons. The monoisotopic (exact) mass is 544 g/mol. The van der Waals surface area contributed by atoms with E-state index in [-0.39, 0.29) is 34.4 Å². The zero-order valence-corrected chi connectivity index (χ0v) is 20.9. The summed E-state index contributed by atoms with van der Waals surface area (Å²) in [6, 6.07) is 7.10. The van der Waals surface area contributed by atoms with E-state index in [0.717, 1.165) is 6.07 Å². The van der Waals surface area contributed by atoms with E-state index in [1.807, 2.05) is 0 Å². The summed E-state index contributed by atoms with van der Waals surface area (Å²) in [5, 5.41) is 11.6. The number of hydrogen-bond donors (Lipinski definition) is 1. The van der Waals surface area contributed by atoms with Gasteiger partial charge in [-0.1, -0.05) is 61.6 Å². The molecule has 0 bridgehead atoms. The Morgan fingerprint density at radius 3 is 2.37 bits per heavy atom. The average Bonchev–Trinajstić information content (AvgIpc) is 3.31. The molecule has 0 unspecified atom stereocenters. The number of aromatic nitrogens is 5. The topological polar surface area (TPSA) is 77.1 Å². The van der Waals surface area contributed by atoms with Crippen LogP contribution in [0.3, 0.4) is 0 Å². The molecule has 7 nitrogen and oxygen atoms in total. The van der Waals surface area contributed by atoms with Gasteiger partial charge in [-0.25, -0.2) is 9.50 Å². The van der Waals surface area contributed by atoms with E-state index >= 15 is 0 Å². The van der Waals surface area contributed by atoms with Gasteiger partial charge in [0.05, 0.1) is 12.2 Å². The Bertz CT molecular complexity index is 1440. The van der Waals surface area contributed by atoms with Crippen LogP contribution in [-0.2, 0) is 18.1 Å². The van der Waals surface area contributed by atoms with Gasteiger partial charge in [-0.05, 0) is 23.8 Å². The summed E-state index contributed by atoms with van der Waals surface area (Å²) in [6.45, 7) is 5.47. The molecule has 3 aromatic heterocycles. The van der Waals surface area contributed by atoms with E-state index in [1.165, 1.54) is 16.9 Å². The van der Waals surface area contributed by atoms with E-state index in [9.17, 15) is 18.0 Å². The Morgan fingerprint density at radius 1 is 1.03 bits per heavy atom. The largest absolute Gasteiger partial charge is 0.433 e. The first-order chi connectivity index (χ1) is 16.2. The van der Waals surface area contributed by atoms with Gasteiger partial charge < -0.3 is 5.32 Å². The van der Waals surface area contributed by atoms with Gasteiger partial charge in [0.1, 0.15) is 10.7 Å². The number of anilines is 1. The van der Waals surface area contributed by atoms with Crippen molar-refractivity contribution < 1.29 is 18.0 Å². The maximum atomic E-state index is 13.7. The lowest BCUT2D eigenvalue weighted by atomic mass is 9.91. The fourth-order valence-electron chi connectivity index (χ4n) is 3.23. The van der Waals surface area contributed by atoms with Gasteiger partial charge in [-0.3, -0.25) is 9.48 Å². The Balaban J connectivity index is 1.63. The van der Waals surface area contributed by atoms with Crippen molar-refractivity contribution in [3.63, 3.8) is 0 Å². The third-order valence-corrected chi connectivity index (χ3v) is 5.88. The lowest BCUT2D eigenvalue weighted by Crippen LogP contribution is -2.20. The number of alkyl halides is 3. The average molecular weight is 546 g/mol. The van der Waals surface area contributed by atoms with Crippen LogP contribution in [0.25, 0.3) is 5.65 Å². The highest BCUT2D eigenvalue weighted by molar-refractivity contribution is 6.35. The minimum atomic E-state index is -4.70. The molecule has 0 fully saturated rings. The van der Waals surface area contributed by atoms with E-state index in [1.54, 1.807) is 39.0 Å². The molecular weight excluding hydrogens is 528 g/mol. The number of hydrogen-bond acceptors (Lipinski definition) is 4. The number of carbonyl (C=O) groups excluding carboxylic acids is 1. The Kier molecular flexibility index (Phi) is 6.50. The maximum Gasteiger partial charge on any atom is 0.433 e. The van der Waals surface area contributed by atoms with Crippen LogP contribution in [-0.4, -0.2) is 30.3 Å². The molecule has 0 saturated carbocycles. The molecule has 0 aliphatic carbocycles. The van der Waals surface area contributed by atoms with Crippen molar-refractivity contribution in [2.75, 3.05) is 5.32 Å². The van der Waals surface area contributed by atoms with Gasteiger partial charge in [0, 0.05) is 27.7 Å². The summed E-state index contributed by atoms with van der Waals surface area (Å²) >= 11 is 18.3. The van der Waals surface area contributed by atoms with Crippen LogP contribution in [0.4, 0.5) is 19.0 Å². The smallest absolute Gasteiger partial charge is 0.302 e. The minimum Gasteiger partial charge on any atom is -0.302 e. The summed E-state index contributed by atoms with van der Waals surface area (Å²) in [5.74, 6) is -0.782. The van der Waals surface area contributed by atoms with Crippen molar-refractivity contribution in [2.24, 2.45) is 0 Å². The molecule has 0 aliphatic rings. The van der Waals surface area contributed by atoms with E-state index in [0.29, 0.717) is 20.1 Å². The summed E-state index contributed by atoms with van der Waals surface area (Å²) in [6.07, 6.45) is -3.23. The Labute approximate surface area is 212 Å². The Morgan fingerprint density at radius 2 is 1.74 bits per heavy atom. The SMILES string of the molecule is CC(C)(C)c1cc(C(F)(F)F)n2nc(C(=O)Nc3nn(Cc4ccc(Cl)cc4Cl)cc3Cl)cc2n1. The zero-order chi connectivity index (χ0) is 25.7. The number of fused-ring (bicyclic) bond motifs is 1. The van der Waals surface area contributed by atoms with Crippen molar-refractivity contribution in [2.45, 2.75) is 38.9 Å². The summed E-state index contributed by atoms with van der Waals surface area (Å²) in [5.41, 5.74) is -1.14. The van der Waals surface area contributed by atoms with Crippen molar-refractivity contribution in [1.29, 1.82) is 0 Å². The lowest BCUT2D eigenvalue weighted by molar-refractivity contribution is -0.142.